The van der Waals surface area contributed by atoms with E-state index in [1.54, 1.807) is 31.3 Å². The highest BCUT2D eigenvalue weighted by molar-refractivity contribution is 5.94. The third-order valence-corrected chi connectivity index (χ3v) is 3.46. The van der Waals surface area contributed by atoms with Crippen LogP contribution in [0.1, 0.15) is 15.9 Å². The van der Waals surface area contributed by atoms with Crippen molar-refractivity contribution < 1.29 is 23.5 Å². The fourth-order valence-corrected chi connectivity index (χ4v) is 2.22. The van der Waals surface area contributed by atoms with Crippen LogP contribution >= 0.6 is 0 Å². The van der Waals surface area contributed by atoms with Crippen LogP contribution in [0.25, 0.3) is 0 Å². The van der Waals surface area contributed by atoms with Crippen molar-refractivity contribution in [3.05, 3.63) is 59.4 Å². The highest BCUT2D eigenvalue weighted by Gasteiger charge is 2.15. The predicted octanol–water partition coefficient (Wildman–Crippen LogP) is 1.97. The molecule has 0 aliphatic heterocycles. The average molecular weight is 346 g/mol. The Morgan fingerprint density at radius 1 is 1.12 bits per heavy atom. The Morgan fingerprint density at radius 3 is 2.40 bits per heavy atom. The van der Waals surface area contributed by atoms with E-state index in [2.05, 4.69) is 0 Å². The number of nitrogens with two attached hydrogens (primary N) is 1. The molecule has 2 N–H and O–H groups in total. The number of benzene rings is 2. The van der Waals surface area contributed by atoms with Gasteiger partial charge in [0, 0.05) is 19.2 Å². The van der Waals surface area contributed by atoms with Gasteiger partial charge < -0.3 is 20.1 Å². The van der Waals surface area contributed by atoms with Gasteiger partial charge in [0.05, 0.1) is 7.11 Å². The third-order valence-electron chi connectivity index (χ3n) is 3.46. The summed E-state index contributed by atoms with van der Waals surface area (Å²) in [4.78, 5) is 24.9. The molecule has 2 aromatic rings. The van der Waals surface area contributed by atoms with Gasteiger partial charge in [-0.1, -0.05) is 12.1 Å². The summed E-state index contributed by atoms with van der Waals surface area (Å²) in [6.45, 7) is 0.0511. The second-order valence-corrected chi connectivity index (χ2v) is 5.41. The molecule has 0 heterocycles. The first kappa shape index (κ1) is 18.3. The summed E-state index contributed by atoms with van der Waals surface area (Å²) in [5.74, 6) is -0.527. The van der Waals surface area contributed by atoms with Crippen LogP contribution in [0.3, 0.4) is 0 Å². The maximum Gasteiger partial charge on any atom is 0.255 e. The minimum absolute atomic E-state index is 0.232. The van der Waals surface area contributed by atoms with Gasteiger partial charge in [0.2, 0.25) is 0 Å². The highest BCUT2D eigenvalue weighted by atomic mass is 19.1. The van der Waals surface area contributed by atoms with Crippen LogP contribution in [0.5, 0.6) is 11.5 Å². The Bertz CT molecular complexity index is 762. The molecule has 0 radical (unpaired) electrons. The van der Waals surface area contributed by atoms with Crippen LogP contribution < -0.4 is 15.2 Å². The van der Waals surface area contributed by atoms with Crippen molar-refractivity contribution in [1.82, 2.24) is 4.90 Å². The van der Waals surface area contributed by atoms with E-state index < -0.39 is 5.91 Å². The summed E-state index contributed by atoms with van der Waals surface area (Å²) < 4.78 is 23.4. The molecular weight excluding hydrogens is 327 g/mol. The fraction of sp³-hybridized carbons (Fsp3) is 0.222. The average Bonchev–Trinajstić information content (AvgIpc) is 2.61. The monoisotopic (exact) mass is 346 g/mol. The van der Waals surface area contributed by atoms with E-state index in [0.29, 0.717) is 23.6 Å². The molecule has 0 saturated carbocycles. The van der Waals surface area contributed by atoms with E-state index in [1.165, 1.54) is 30.2 Å². The van der Waals surface area contributed by atoms with Gasteiger partial charge in [-0.25, -0.2) is 4.39 Å². The molecule has 0 aliphatic carbocycles. The Labute approximate surface area is 144 Å². The number of nitrogens with zero attached hydrogens (tertiary/aromatic N) is 1. The Morgan fingerprint density at radius 2 is 1.80 bits per heavy atom. The molecular formula is C18H19FN2O4. The van der Waals surface area contributed by atoms with Crippen molar-refractivity contribution in [2.45, 2.75) is 6.54 Å². The molecule has 132 valence electrons. The summed E-state index contributed by atoms with van der Waals surface area (Å²) >= 11 is 0. The minimum atomic E-state index is -0.610. The van der Waals surface area contributed by atoms with Crippen molar-refractivity contribution in [3.8, 4) is 11.5 Å². The lowest BCUT2D eigenvalue weighted by Crippen LogP contribution is -2.26. The van der Waals surface area contributed by atoms with Gasteiger partial charge >= 0.3 is 0 Å². The molecule has 0 bridgehead atoms. The van der Waals surface area contributed by atoms with Gasteiger partial charge in [-0.05, 0) is 35.9 Å². The normalized spacial score (nSPS) is 10.2. The standard InChI is InChI=1S/C18H19FN2O4/c1-21(10-12-3-6-14(19)7-4-12)18(23)13-5-8-15(16(9-13)24-2)25-11-17(20)22/h3-9H,10-11H2,1-2H3,(H2,20,22). The summed E-state index contributed by atoms with van der Waals surface area (Å²) in [7, 11) is 3.08. The second kappa shape index (κ2) is 8.14. The summed E-state index contributed by atoms with van der Waals surface area (Å²) in [6, 6.07) is 10.6. The number of hydrogen-bond donors (Lipinski definition) is 1. The molecule has 0 unspecified atom stereocenters. The van der Waals surface area contributed by atoms with Crippen molar-refractivity contribution >= 4 is 11.8 Å². The Balaban J connectivity index is 2.12. The quantitative estimate of drug-likeness (QED) is 0.831. The number of ether oxygens (including phenoxy) is 2. The van der Waals surface area contributed by atoms with Gasteiger partial charge in [-0.3, -0.25) is 9.59 Å². The summed E-state index contributed by atoms with van der Waals surface area (Å²) in [5.41, 5.74) is 6.25. The number of carbonyl (C=O) groups excluding carboxylic acids is 2. The van der Waals surface area contributed by atoms with Crippen molar-refractivity contribution in [2.24, 2.45) is 5.73 Å². The number of halogens is 1. The number of rotatable bonds is 7. The van der Waals surface area contributed by atoms with Crippen LogP contribution in [0.2, 0.25) is 0 Å². The largest absolute Gasteiger partial charge is 0.493 e. The van der Waals surface area contributed by atoms with Crippen molar-refractivity contribution in [3.63, 3.8) is 0 Å². The van der Waals surface area contributed by atoms with Crippen molar-refractivity contribution in [1.29, 1.82) is 0 Å². The number of primary amides is 1. The van der Waals surface area contributed by atoms with E-state index in [4.69, 9.17) is 15.2 Å². The number of carbonyl (C=O) groups is 2. The molecule has 0 atom stereocenters. The Hall–Kier alpha value is -3.09. The first-order valence-corrected chi connectivity index (χ1v) is 7.49. The van der Waals surface area contributed by atoms with Gasteiger partial charge in [-0.2, -0.15) is 0 Å². The SMILES string of the molecule is COc1cc(C(=O)N(C)Cc2ccc(F)cc2)ccc1OCC(N)=O. The molecule has 2 aromatic carbocycles. The van der Waals surface area contributed by atoms with E-state index in [1.807, 2.05) is 0 Å². The van der Waals surface area contributed by atoms with E-state index in [-0.39, 0.29) is 18.3 Å². The zero-order valence-corrected chi connectivity index (χ0v) is 14.0. The first-order chi connectivity index (χ1) is 11.9. The molecule has 7 heteroatoms. The van der Waals surface area contributed by atoms with E-state index >= 15 is 0 Å². The molecule has 2 rings (SSSR count). The third kappa shape index (κ3) is 4.94. The predicted molar refractivity (Wildman–Crippen MR) is 89.9 cm³/mol. The molecule has 2 amide bonds. The molecule has 0 spiro atoms. The topological polar surface area (TPSA) is 81.9 Å². The van der Waals surface area contributed by atoms with Crippen LogP contribution in [0.15, 0.2) is 42.5 Å². The number of methoxy groups -OCH3 is 1. The molecule has 0 saturated heterocycles. The highest BCUT2D eigenvalue weighted by Crippen LogP contribution is 2.28. The van der Waals surface area contributed by atoms with Gasteiger partial charge in [0.1, 0.15) is 5.82 Å². The Kier molecular flexibility index (Phi) is 5.94. The van der Waals surface area contributed by atoms with Gasteiger partial charge in [0.25, 0.3) is 11.8 Å². The van der Waals surface area contributed by atoms with Crippen LogP contribution in [0, 0.1) is 5.82 Å². The molecule has 0 fully saturated rings. The smallest absolute Gasteiger partial charge is 0.255 e. The van der Waals surface area contributed by atoms with Crippen LogP contribution in [-0.2, 0) is 11.3 Å². The lowest BCUT2D eigenvalue weighted by atomic mass is 10.1. The number of amides is 2. The maximum atomic E-state index is 12.9. The molecule has 0 aliphatic rings. The first-order valence-electron chi connectivity index (χ1n) is 7.49. The maximum absolute atomic E-state index is 12.9. The zero-order chi connectivity index (χ0) is 18.4. The summed E-state index contributed by atoms with van der Waals surface area (Å²) in [6.07, 6.45) is 0. The van der Waals surface area contributed by atoms with Gasteiger partial charge in [0.15, 0.2) is 18.1 Å². The van der Waals surface area contributed by atoms with E-state index in [0.717, 1.165) is 5.56 Å². The van der Waals surface area contributed by atoms with Crippen molar-refractivity contribution in [2.75, 3.05) is 20.8 Å². The summed E-state index contributed by atoms with van der Waals surface area (Å²) in [5, 5.41) is 0. The molecule has 6 nitrogen and oxygen atoms in total. The number of hydrogen-bond acceptors (Lipinski definition) is 4. The van der Waals surface area contributed by atoms with E-state index in [9.17, 15) is 14.0 Å². The lowest BCUT2D eigenvalue weighted by Gasteiger charge is -2.18. The molecule has 0 aromatic heterocycles. The van der Waals surface area contributed by atoms with Crippen LogP contribution in [0.4, 0.5) is 4.39 Å². The van der Waals surface area contributed by atoms with Crippen LogP contribution in [-0.4, -0.2) is 37.5 Å². The fourth-order valence-electron chi connectivity index (χ4n) is 2.22. The lowest BCUT2D eigenvalue weighted by molar-refractivity contribution is -0.119. The van der Waals surface area contributed by atoms with Gasteiger partial charge in [-0.15, -0.1) is 0 Å². The molecule has 25 heavy (non-hydrogen) atoms. The minimum Gasteiger partial charge on any atom is -0.493 e. The second-order valence-electron chi connectivity index (χ2n) is 5.41. The zero-order valence-electron chi connectivity index (χ0n) is 14.0.